The average Bonchev–Trinajstić information content (AvgIpc) is 3.20. The van der Waals surface area contributed by atoms with E-state index in [0.717, 1.165) is 11.3 Å². The number of nitrogens with one attached hydrogen (secondary N) is 2. The minimum absolute atomic E-state index is 0.0485. The van der Waals surface area contributed by atoms with E-state index in [1.807, 2.05) is 44.2 Å². The number of aromatic amines is 1. The molecule has 2 N–H and O–H groups in total. The molecule has 4 rings (SSSR count). The molecule has 2 aromatic heterocycles. The number of esters is 1. The Morgan fingerprint density at radius 3 is 2.47 bits per heavy atom. The van der Waals surface area contributed by atoms with Crippen molar-refractivity contribution in [1.82, 2.24) is 14.5 Å². The van der Waals surface area contributed by atoms with Gasteiger partial charge in [0.25, 0.3) is 5.56 Å². The van der Waals surface area contributed by atoms with E-state index in [2.05, 4.69) is 15.3 Å². The Bertz CT molecular complexity index is 1410. The molecule has 2 heterocycles. The number of H-pyrrole nitrogens is 1. The van der Waals surface area contributed by atoms with E-state index in [0.29, 0.717) is 39.7 Å². The molecule has 0 spiro atoms. The highest BCUT2D eigenvalue weighted by molar-refractivity contribution is 7.99. The molecule has 1 amide bonds. The molecule has 0 aliphatic carbocycles. The summed E-state index contributed by atoms with van der Waals surface area (Å²) in [6.07, 6.45) is 0. The molecule has 0 unspecified atom stereocenters. The van der Waals surface area contributed by atoms with Crippen LogP contribution in [0.2, 0.25) is 0 Å². The van der Waals surface area contributed by atoms with E-state index in [1.165, 1.54) is 16.3 Å². The highest BCUT2D eigenvalue weighted by atomic mass is 32.2. The number of ether oxygens (including phenoxy) is 1. The third-order valence-corrected chi connectivity index (χ3v) is 6.00. The normalized spacial score (nSPS) is 10.9. The number of amides is 1. The number of hydrogen-bond acceptors (Lipinski definition) is 6. The molecule has 174 valence electrons. The molecule has 0 saturated heterocycles. The van der Waals surface area contributed by atoms with Gasteiger partial charge in [0.05, 0.1) is 29.1 Å². The van der Waals surface area contributed by atoms with Gasteiger partial charge in [-0.15, -0.1) is 0 Å². The smallest absolute Gasteiger partial charge is 0.338 e. The summed E-state index contributed by atoms with van der Waals surface area (Å²) in [5.74, 6) is -0.622. The van der Waals surface area contributed by atoms with Crippen LogP contribution in [0.4, 0.5) is 5.69 Å². The number of hydrogen-bond donors (Lipinski definition) is 2. The Balaban J connectivity index is 1.55. The van der Waals surface area contributed by atoms with Crippen molar-refractivity contribution in [1.29, 1.82) is 0 Å². The van der Waals surface area contributed by atoms with Crippen LogP contribution < -0.4 is 10.9 Å². The first kappa shape index (κ1) is 23.3. The SMILES string of the molecule is CCOC(=O)c1ccc(NC(=O)CSc2nc3cc(C)[nH]c3c(=O)n2-c2ccc(C)cc2)cc1. The third kappa shape index (κ3) is 5.04. The summed E-state index contributed by atoms with van der Waals surface area (Å²) in [6.45, 7) is 5.88. The number of anilines is 1. The van der Waals surface area contributed by atoms with Crippen LogP contribution in [-0.4, -0.2) is 38.8 Å². The fraction of sp³-hybridized carbons (Fsp3) is 0.200. The fourth-order valence-corrected chi connectivity index (χ4v) is 4.24. The second kappa shape index (κ2) is 9.96. The summed E-state index contributed by atoms with van der Waals surface area (Å²) in [5, 5.41) is 3.22. The standard InChI is InChI=1S/C25H24N4O4S/c1-4-33-24(32)17-7-9-18(10-8-17)27-21(30)14-34-25-28-20-13-16(3)26-22(20)23(31)29(25)19-11-5-15(2)6-12-19/h5-13,26H,4,14H2,1-3H3,(H,27,30). The van der Waals surface area contributed by atoms with Gasteiger partial charge in [-0.2, -0.15) is 0 Å². The second-order valence-corrected chi connectivity index (χ2v) is 8.66. The average molecular weight is 477 g/mol. The molecule has 8 nitrogen and oxygen atoms in total. The molecule has 0 fully saturated rings. The van der Waals surface area contributed by atoms with Gasteiger partial charge < -0.3 is 15.0 Å². The number of thioether (sulfide) groups is 1. The summed E-state index contributed by atoms with van der Waals surface area (Å²) < 4.78 is 6.48. The van der Waals surface area contributed by atoms with E-state index in [1.54, 1.807) is 31.2 Å². The lowest BCUT2D eigenvalue weighted by atomic mass is 10.2. The molecule has 2 aromatic carbocycles. The van der Waals surface area contributed by atoms with Crippen molar-refractivity contribution in [3.05, 3.63) is 81.8 Å². The number of rotatable bonds is 7. The number of benzene rings is 2. The Morgan fingerprint density at radius 1 is 1.09 bits per heavy atom. The van der Waals surface area contributed by atoms with Gasteiger partial charge in [-0.3, -0.25) is 14.2 Å². The van der Waals surface area contributed by atoms with Gasteiger partial charge >= 0.3 is 5.97 Å². The molecular weight excluding hydrogens is 452 g/mol. The minimum Gasteiger partial charge on any atom is -0.462 e. The first-order chi connectivity index (χ1) is 16.4. The number of carbonyl (C=O) groups is 2. The van der Waals surface area contributed by atoms with Crippen LogP contribution in [0.15, 0.2) is 64.5 Å². The molecule has 9 heteroatoms. The van der Waals surface area contributed by atoms with Crippen LogP contribution >= 0.6 is 11.8 Å². The lowest BCUT2D eigenvalue weighted by Gasteiger charge is -2.12. The first-order valence-corrected chi connectivity index (χ1v) is 11.7. The van der Waals surface area contributed by atoms with Gasteiger partial charge in [0, 0.05) is 11.4 Å². The summed E-state index contributed by atoms with van der Waals surface area (Å²) >= 11 is 1.18. The van der Waals surface area contributed by atoms with Gasteiger partial charge in [0.15, 0.2) is 5.16 Å². The highest BCUT2D eigenvalue weighted by Crippen LogP contribution is 2.22. The highest BCUT2D eigenvalue weighted by Gasteiger charge is 2.16. The summed E-state index contributed by atoms with van der Waals surface area (Å²) in [4.78, 5) is 45.4. The van der Waals surface area contributed by atoms with Crippen molar-refractivity contribution in [3.8, 4) is 5.69 Å². The predicted molar refractivity (Wildman–Crippen MR) is 133 cm³/mol. The maximum absolute atomic E-state index is 13.3. The Labute approximate surface area is 200 Å². The van der Waals surface area contributed by atoms with E-state index in [9.17, 15) is 14.4 Å². The molecule has 0 atom stereocenters. The Morgan fingerprint density at radius 2 is 1.79 bits per heavy atom. The van der Waals surface area contributed by atoms with Crippen LogP contribution in [0.3, 0.4) is 0 Å². The zero-order valence-corrected chi connectivity index (χ0v) is 19.9. The van der Waals surface area contributed by atoms with Crippen LogP contribution in [0.5, 0.6) is 0 Å². The fourth-order valence-electron chi connectivity index (χ4n) is 3.43. The Hall–Kier alpha value is -3.85. The summed E-state index contributed by atoms with van der Waals surface area (Å²) in [6, 6.07) is 15.9. The van der Waals surface area contributed by atoms with Crippen LogP contribution in [0.25, 0.3) is 16.7 Å². The number of carbonyl (C=O) groups excluding carboxylic acids is 2. The number of fused-ring (bicyclic) bond motifs is 1. The maximum Gasteiger partial charge on any atom is 0.338 e. The number of aromatic nitrogens is 3. The summed E-state index contributed by atoms with van der Waals surface area (Å²) in [5.41, 5.74) is 4.31. The Kier molecular flexibility index (Phi) is 6.83. The number of aryl methyl sites for hydroxylation is 2. The van der Waals surface area contributed by atoms with Crippen molar-refractivity contribution in [3.63, 3.8) is 0 Å². The van der Waals surface area contributed by atoms with Gasteiger partial charge in [-0.25, -0.2) is 9.78 Å². The molecule has 34 heavy (non-hydrogen) atoms. The quantitative estimate of drug-likeness (QED) is 0.235. The van der Waals surface area contributed by atoms with Crippen LogP contribution in [0, 0.1) is 13.8 Å². The summed E-state index contributed by atoms with van der Waals surface area (Å²) in [7, 11) is 0. The second-order valence-electron chi connectivity index (χ2n) is 7.72. The molecule has 0 aliphatic rings. The van der Waals surface area contributed by atoms with E-state index < -0.39 is 5.97 Å². The van der Waals surface area contributed by atoms with Crippen molar-refractivity contribution < 1.29 is 14.3 Å². The lowest BCUT2D eigenvalue weighted by Crippen LogP contribution is -2.23. The number of nitrogens with zero attached hydrogens (tertiary/aromatic N) is 2. The topological polar surface area (TPSA) is 106 Å². The van der Waals surface area contributed by atoms with Gasteiger partial charge in [-0.05, 0) is 63.2 Å². The van der Waals surface area contributed by atoms with Crippen molar-refractivity contribution >= 4 is 40.4 Å². The van der Waals surface area contributed by atoms with E-state index in [4.69, 9.17) is 4.74 Å². The largest absolute Gasteiger partial charge is 0.462 e. The molecule has 0 bridgehead atoms. The zero-order chi connectivity index (χ0) is 24.2. The molecule has 0 saturated carbocycles. The zero-order valence-electron chi connectivity index (χ0n) is 19.0. The third-order valence-electron chi connectivity index (χ3n) is 5.06. The minimum atomic E-state index is -0.411. The first-order valence-electron chi connectivity index (χ1n) is 10.7. The van der Waals surface area contributed by atoms with E-state index >= 15 is 0 Å². The monoisotopic (exact) mass is 476 g/mol. The molecule has 4 aromatic rings. The van der Waals surface area contributed by atoms with Gasteiger partial charge in [0.1, 0.15) is 5.52 Å². The molecule has 0 radical (unpaired) electrons. The lowest BCUT2D eigenvalue weighted by molar-refractivity contribution is -0.113. The maximum atomic E-state index is 13.3. The molecule has 0 aliphatic heterocycles. The van der Waals surface area contributed by atoms with Crippen molar-refractivity contribution in [2.24, 2.45) is 0 Å². The van der Waals surface area contributed by atoms with Gasteiger partial charge in [0.2, 0.25) is 5.91 Å². The van der Waals surface area contributed by atoms with Gasteiger partial charge in [-0.1, -0.05) is 29.5 Å². The van der Waals surface area contributed by atoms with Crippen LogP contribution in [0.1, 0.15) is 28.5 Å². The van der Waals surface area contributed by atoms with Crippen LogP contribution in [-0.2, 0) is 9.53 Å². The predicted octanol–water partition coefficient (Wildman–Crippen LogP) is 4.24. The molecular formula is C25H24N4O4S. The van der Waals surface area contributed by atoms with E-state index in [-0.39, 0.29) is 17.2 Å². The van der Waals surface area contributed by atoms with Crippen molar-refractivity contribution in [2.45, 2.75) is 25.9 Å². The van der Waals surface area contributed by atoms with Crippen molar-refractivity contribution in [2.75, 3.05) is 17.7 Å².